The highest BCUT2D eigenvalue weighted by Crippen LogP contribution is 2.43. The Morgan fingerprint density at radius 1 is 1.05 bits per heavy atom. The normalized spacial score (nSPS) is 28.0. The molecule has 1 amide bonds. The van der Waals surface area contributed by atoms with Crippen molar-refractivity contribution in [3.63, 3.8) is 0 Å². The van der Waals surface area contributed by atoms with Gasteiger partial charge in [0.15, 0.2) is 0 Å². The number of carbonyl (C=O) groups excluding carboxylic acids is 1. The minimum Gasteiger partial charge on any atom is -0.353 e. The second-order valence-corrected chi connectivity index (χ2v) is 6.99. The van der Waals surface area contributed by atoms with Crippen molar-refractivity contribution in [1.82, 2.24) is 10.6 Å². The molecule has 1 saturated heterocycles. The van der Waals surface area contributed by atoms with Gasteiger partial charge in [-0.15, -0.1) is 0 Å². The second-order valence-electron chi connectivity index (χ2n) is 6.99. The summed E-state index contributed by atoms with van der Waals surface area (Å²) in [4.78, 5) is 12.8. The van der Waals surface area contributed by atoms with E-state index >= 15 is 0 Å². The molecular formula is C16H28N2O. The summed E-state index contributed by atoms with van der Waals surface area (Å²) in [6, 6.07) is 0.473. The average molecular weight is 264 g/mol. The number of amides is 1. The summed E-state index contributed by atoms with van der Waals surface area (Å²) in [7, 11) is 0. The molecule has 3 nitrogen and oxygen atoms in total. The molecule has 108 valence electrons. The van der Waals surface area contributed by atoms with Crippen molar-refractivity contribution in [3.8, 4) is 0 Å². The van der Waals surface area contributed by atoms with E-state index in [4.69, 9.17) is 0 Å². The zero-order valence-electron chi connectivity index (χ0n) is 12.0. The highest BCUT2D eigenvalue weighted by molar-refractivity contribution is 5.83. The molecule has 19 heavy (non-hydrogen) atoms. The van der Waals surface area contributed by atoms with Crippen LogP contribution in [0.3, 0.4) is 0 Å². The highest BCUT2D eigenvalue weighted by Gasteiger charge is 2.42. The number of hydrogen-bond acceptors (Lipinski definition) is 2. The summed E-state index contributed by atoms with van der Waals surface area (Å²) in [5.74, 6) is 1.21. The molecule has 2 N–H and O–H groups in total. The minimum absolute atomic E-state index is 0.0427. The summed E-state index contributed by atoms with van der Waals surface area (Å²) >= 11 is 0. The third kappa shape index (κ3) is 2.96. The van der Waals surface area contributed by atoms with Gasteiger partial charge in [0, 0.05) is 6.04 Å². The summed E-state index contributed by atoms with van der Waals surface area (Å²) in [6.07, 6.45) is 12.3. The Hall–Kier alpha value is -0.570. The van der Waals surface area contributed by atoms with Gasteiger partial charge in [-0.2, -0.15) is 0 Å². The van der Waals surface area contributed by atoms with Crippen LogP contribution < -0.4 is 10.6 Å². The molecule has 3 heteroatoms. The van der Waals surface area contributed by atoms with Gasteiger partial charge in [-0.05, 0) is 51.1 Å². The van der Waals surface area contributed by atoms with E-state index in [1.165, 1.54) is 44.9 Å². The summed E-state index contributed by atoms with van der Waals surface area (Å²) in [5.41, 5.74) is -0.0427. The molecular weight excluding hydrogens is 236 g/mol. The first-order valence-corrected chi connectivity index (χ1v) is 8.30. The molecule has 0 radical (unpaired) electrons. The first-order chi connectivity index (χ1) is 9.28. The molecule has 0 spiro atoms. The first kappa shape index (κ1) is 13.4. The molecule has 1 aliphatic heterocycles. The van der Waals surface area contributed by atoms with Gasteiger partial charge in [-0.25, -0.2) is 0 Å². The molecule has 0 bridgehead atoms. The molecule has 0 aromatic carbocycles. The average Bonchev–Trinajstić information content (AvgIpc) is 2.88. The van der Waals surface area contributed by atoms with E-state index in [2.05, 4.69) is 10.6 Å². The van der Waals surface area contributed by atoms with Gasteiger partial charge >= 0.3 is 0 Å². The molecule has 0 aromatic heterocycles. The first-order valence-electron chi connectivity index (χ1n) is 8.30. The van der Waals surface area contributed by atoms with E-state index in [-0.39, 0.29) is 5.41 Å². The Labute approximate surface area is 116 Å². The number of nitrogens with one attached hydrogen (secondary N) is 2. The van der Waals surface area contributed by atoms with Crippen molar-refractivity contribution in [2.24, 2.45) is 11.3 Å². The van der Waals surface area contributed by atoms with Gasteiger partial charge in [-0.3, -0.25) is 4.79 Å². The smallest absolute Gasteiger partial charge is 0.226 e. The number of carbonyl (C=O) groups is 1. The predicted octanol–water partition coefficient (Wildman–Crippen LogP) is 2.61. The molecule has 2 aliphatic carbocycles. The van der Waals surface area contributed by atoms with Crippen LogP contribution in [0.5, 0.6) is 0 Å². The van der Waals surface area contributed by atoms with E-state index in [1.807, 2.05) is 0 Å². The molecule has 3 fully saturated rings. The highest BCUT2D eigenvalue weighted by atomic mass is 16.2. The van der Waals surface area contributed by atoms with Gasteiger partial charge in [-0.1, -0.05) is 32.1 Å². The van der Waals surface area contributed by atoms with Crippen LogP contribution in [0.1, 0.15) is 64.2 Å². The maximum Gasteiger partial charge on any atom is 0.226 e. The van der Waals surface area contributed by atoms with Crippen LogP contribution in [0.25, 0.3) is 0 Å². The van der Waals surface area contributed by atoms with E-state index in [0.717, 1.165) is 38.3 Å². The Kier molecular flexibility index (Phi) is 4.11. The Balaban J connectivity index is 1.63. The van der Waals surface area contributed by atoms with Crippen LogP contribution in [0.15, 0.2) is 0 Å². The number of rotatable bonds is 4. The SMILES string of the molecule is O=C(NC1CCCC1)C1(CC2CCC2)CCNCC1. The number of piperidine rings is 1. The van der Waals surface area contributed by atoms with Crippen LogP contribution in [0.2, 0.25) is 0 Å². The molecule has 0 atom stereocenters. The lowest BCUT2D eigenvalue weighted by atomic mass is 9.67. The van der Waals surface area contributed by atoms with Gasteiger partial charge in [0.2, 0.25) is 5.91 Å². The summed E-state index contributed by atoms with van der Waals surface area (Å²) in [6.45, 7) is 2.04. The maximum atomic E-state index is 12.8. The molecule has 2 saturated carbocycles. The van der Waals surface area contributed by atoms with Crippen LogP contribution >= 0.6 is 0 Å². The van der Waals surface area contributed by atoms with Crippen molar-refractivity contribution < 1.29 is 4.79 Å². The van der Waals surface area contributed by atoms with Gasteiger partial charge < -0.3 is 10.6 Å². The standard InChI is InChI=1S/C16H28N2O/c19-15(18-14-6-1-2-7-14)16(8-10-17-11-9-16)12-13-4-3-5-13/h13-14,17H,1-12H2,(H,18,19). The van der Waals surface area contributed by atoms with Gasteiger partial charge in [0.25, 0.3) is 0 Å². The van der Waals surface area contributed by atoms with Crippen molar-refractivity contribution in [3.05, 3.63) is 0 Å². The maximum absolute atomic E-state index is 12.8. The topological polar surface area (TPSA) is 41.1 Å². The van der Waals surface area contributed by atoms with Crippen molar-refractivity contribution in [2.45, 2.75) is 70.3 Å². The van der Waals surface area contributed by atoms with E-state index in [1.54, 1.807) is 0 Å². The van der Waals surface area contributed by atoms with Gasteiger partial charge in [0.1, 0.15) is 0 Å². The zero-order valence-corrected chi connectivity index (χ0v) is 12.0. The van der Waals surface area contributed by atoms with Crippen molar-refractivity contribution >= 4 is 5.91 Å². The molecule has 1 heterocycles. The minimum atomic E-state index is -0.0427. The van der Waals surface area contributed by atoms with E-state index in [9.17, 15) is 4.79 Å². The second kappa shape index (κ2) is 5.82. The summed E-state index contributed by atoms with van der Waals surface area (Å²) in [5, 5.41) is 6.79. The van der Waals surface area contributed by atoms with Crippen LogP contribution in [-0.4, -0.2) is 25.0 Å². The monoisotopic (exact) mass is 264 g/mol. The Morgan fingerprint density at radius 3 is 2.32 bits per heavy atom. The number of hydrogen-bond donors (Lipinski definition) is 2. The molecule has 3 aliphatic rings. The fourth-order valence-electron chi connectivity index (χ4n) is 4.09. The predicted molar refractivity (Wildman–Crippen MR) is 76.9 cm³/mol. The van der Waals surface area contributed by atoms with Crippen LogP contribution in [-0.2, 0) is 4.79 Å². The van der Waals surface area contributed by atoms with E-state index in [0.29, 0.717) is 11.9 Å². The quantitative estimate of drug-likeness (QED) is 0.819. The molecule has 0 unspecified atom stereocenters. The Bertz CT molecular complexity index is 313. The third-order valence-electron chi connectivity index (χ3n) is 5.64. The van der Waals surface area contributed by atoms with Crippen LogP contribution in [0.4, 0.5) is 0 Å². The van der Waals surface area contributed by atoms with Crippen molar-refractivity contribution in [2.75, 3.05) is 13.1 Å². The zero-order chi connectivity index (χ0) is 13.1. The lowest BCUT2D eigenvalue weighted by Crippen LogP contribution is -2.51. The lowest BCUT2D eigenvalue weighted by Gasteiger charge is -2.41. The van der Waals surface area contributed by atoms with Gasteiger partial charge in [0.05, 0.1) is 5.41 Å². The lowest BCUT2D eigenvalue weighted by molar-refractivity contribution is -0.135. The third-order valence-corrected chi connectivity index (χ3v) is 5.64. The fraction of sp³-hybridized carbons (Fsp3) is 0.938. The largest absolute Gasteiger partial charge is 0.353 e. The van der Waals surface area contributed by atoms with Crippen LogP contribution in [0, 0.1) is 11.3 Å². The van der Waals surface area contributed by atoms with E-state index < -0.39 is 0 Å². The summed E-state index contributed by atoms with van der Waals surface area (Å²) < 4.78 is 0. The fourth-order valence-corrected chi connectivity index (χ4v) is 4.09. The Morgan fingerprint density at radius 2 is 1.74 bits per heavy atom. The van der Waals surface area contributed by atoms with Crippen molar-refractivity contribution in [1.29, 1.82) is 0 Å². The molecule has 0 aromatic rings. The molecule has 3 rings (SSSR count).